The zero-order valence-electron chi connectivity index (χ0n) is 31.5. The fourth-order valence-corrected chi connectivity index (χ4v) is 13.4. The molecule has 6 aromatic carbocycles. The Morgan fingerprint density at radius 1 is 0.559 bits per heavy atom. The normalized spacial score (nSPS) is 13.5. The van der Waals surface area contributed by atoms with Gasteiger partial charge in [-0.3, -0.25) is 0 Å². The highest BCUT2D eigenvalue weighted by Crippen LogP contribution is 2.55. The van der Waals surface area contributed by atoms with Gasteiger partial charge in [-0.1, -0.05) is 29.6 Å². The van der Waals surface area contributed by atoms with E-state index >= 15 is 9.13 Å². The van der Waals surface area contributed by atoms with Gasteiger partial charge in [0.2, 0.25) is 0 Å². The highest BCUT2D eigenvalue weighted by Gasteiger charge is 2.41. The van der Waals surface area contributed by atoms with Crippen LogP contribution in [-0.2, 0) is 18.7 Å². The van der Waals surface area contributed by atoms with Crippen molar-refractivity contribution in [2.24, 2.45) is 0 Å². The molecule has 0 aromatic heterocycles. The highest BCUT2D eigenvalue weighted by atomic mass is 35.5. The van der Waals surface area contributed by atoms with Crippen molar-refractivity contribution in [3.05, 3.63) is 155 Å². The van der Waals surface area contributed by atoms with Crippen molar-refractivity contribution in [2.45, 2.75) is 38.2 Å². The molecule has 0 amide bonds. The number of carbonyl (C=O) groups excluding carboxylic acids is 1. The third-order valence-corrected chi connectivity index (χ3v) is 17.1. The first-order valence-corrected chi connectivity index (χ1v) is 22.8. The third-order valence-electron chi connectivity index (χ3n) is 10.3. The molecule has 0 spiro atoms. The number of carbonyl (C=O) groups is 1. The van der Waals surface area contributed by atoms with Crippen LogP contribution in [0.15, 0.2) is 121 Å². The van der Waals surface area contributed by atoms with Gasteiger partial charge in [0.15, 0.2) is 20.9 Å². The van der Waals surface area contributed by atoms with Crippen LogP contribution in [-0.4, -0.2) is 25.8 Å². The summed E-state index contributed by atoms with van der Waals surface area (Å²) in [5.41, 5.74) is -0.0620. The van der Waals surface area contributed by atoms with E-state index in [0.29, 0.717) is 12.8 Å². The molecule has 6 aromatic rings. The Hall–Kier alpha value is -4.85. The monoisotopic (exact) mass is 880 g/mol. The van der Waals surface area contributed by atoms with E-state index in [4.69, 9.17) is 37.4 Å². The van der Waals surface area contributed by atoms with Crippen LogP contribution < -0.4 is 41.3 Å². The Balaban J connectivity index is 1.68. The molecule has 0 saturated heterocycles. The molecule has 14 heteroatoms. The fraction of sp³-hybridized carbons (Fsp3) is 0.178. The Morgan fingerprint density at radius 2 is 0.915 bits per heavy atom. The summed E-state index contributed by atoms with van der Waals surface area (Å²) in [7, 11) is -7.42. The maximum Gasteiger partial charge on any atom is 0.343 e. The van der Waals surface area contributed by atoms with Crippen LogP contribution in [0.2, 0.25) is 10.0 Å². The van der Waals surface area contributed by atoms with Crippen LogP contribution in [0.4, 0.5) is 17.6 Å². The van der Waals surface area contributed by atoms with E-state index < -0.39 is 50.1 Å². The third kappa shape index (κ3) is 8.47. The van der Waals surface area contributed by atoms with Crippen LogP contribution >= 0.6 is 37.5 Å². The van der Waals surface area contributed by atoms with Crippen molar-refractivity contribution in [1.29, 1.82) is 0 Å². The largest absolute Gasteiger partial charge is 0.488 e. The van der Waals surface area contributed by atoms with Crippen molar-refractivity contribution in [1.82, 2.24) is 0 Å². The topological polar surface area (TPSA) is 78.9 Å². The van der Waals surface area contributed by atoms with E-state index in [9.17, 15) is 22.4 Å². The first-order valence-electron chi connectivity index (χ1n) is 18.6. The van der Waals surface area contributed by atoms with Gasteiger partial charge in [0.25, 0.3) is 0 Å². The van der Waals surface area contributed by atoms with Gasteiger partial charge in [-0.2, -0.15) is 0 Å². The Bertz CT molecular complexity index is 2480. The van der Waals surface area contributed by atoms with Crippen molar-refractivity contribution in [3.63, 3.8) is 0 Å². The van der Waals surface area contributed by atoms with Crippen LogP contribution in [0.1, 0.15) is 32.1 Å². The molecule has 0 aliphatic heterocycles. The number of hydrogen-bond acceptors (Lipinski definition) is 6. The number of halogens is 6. The molecule has 1 aliphatic rings. The number of esters is 1. The second-order valence-electron chi connectivity index (χ2n) is 13.9. The van der Waals surface area contributed by atoms with Gasteiger partial charge in [-0.05, 0) is 147 Å². The maximum atomic E-state index is 16.4. The lowest BCUT2D eigenvalue weighted by Gasteiger charge is -2.31. The molecule has 0 radical (unpaired) electrons. The van der Waals surface area contributed by atoms with Gasteiger partial charge >= 0.3 is 5.97 Å². The molecule has 0 N–H and O–H groups in total. The smallest absolute Gasteiger partial charge is 0.343 e. The number of rotatable bonds is 12. The number of benzene rings is 6. The summed E-state index contributed by atoms with van der Waals surface area (Å²) < 4.78 is 109. The first-order chi connectivity index (χ1) is 28.3. The van der Waals surface area contributed by atoms with Gasteiger partial charge in [0.05, 0.1) is 23.3 Å². The average Bonchev–Trinajstić information content (AvgIpc) is 3.24. The summed E-state index contributed by atoms with van der Waals surface area (Å²) in [4.78, 5) is 12.7. The lowest BCUT2D eigenvalue weighted by molar-refractivity contribution is -0.142. The van der Waals surface area contributed by atoms with Crippen molar-refractivity contribution >= 4 is 75.3 Å². The van der Waals surface area contributed by atoms with Gasteiger partial charge in [-0.15, -0.1) is 0 Å². The maximum absolute atomic E-state index is 16.4. The molecule has 6 nitrogen and oxygen atoms in total. The molecule has 0 unspecified atom stereocenters. The fourth-order valence-electron chi connectivity index (χ4n) is 7.36. The van der Waals surface area contributed by atoms with Gasteiger partial charge in [0.1, 0.15) is 34.8 Å². The molecular formula is C45H36Cl2F4O6P2. The van der Waals surface area contributed by atoms with Crippen LogP contribution in [0, 0.1) is 23.3 Å². The summed E-state index contributed by atoms with van der Waals surface area (Å²) in [6, 6.07) is 25.8. The second-order valence-corrected chi connectivity index (χ2v) is 20.2. The lowest BCUT2D eigenvalue weighted by atomic mass is 9.97. The minimum Gasteiger partial charge on any atom is -0.488 e. The van der Waals surface area contributed by atoms with Gasteiger partial charge in [-0.25, -0.2) is 22.4 Å². The lowest BCUT2D eigenvalue weighted by Crippen LogP contribution is -2.31. The van der Waals surface area contributed by atoms with Crippen molar-refractivity contribution in [3.8, 4) is 22.6 Å². The Morgan fingerprint density at radius 3 is 1.29 bits per heavy atom. The quantitative estimate of drug-likeness (QED) is 0.0693. The van der Waals surface area contributed by atoms with Gasteiger partial charge < -0.3 is 23.3 Å². The molecule has 1 aliphatic carbocycles. The highest BCUT2D eigenvalue weighted by molar-refractivity contribution is 7.86. The SMILES string of the molecule is COC(=O)COc1c(Cl)ccc(P(=O)(c2ccc(F)cc2)c2ccc(F)cc2)c1-c1c(P(=O)(c2ccc(F)cc2)c2ccc(F)cc2)ccc(Cl)c1OC1CCCCC1. The number of ether oxygens (including phenoxy) is 3. The first kappa shape index (κ1) is 42.3. The van der Waals surface area contributed by atoms with Gasteiger partial charge in [0, 0.05) is 43.0 Å². The van der Waals surface area contributed by atoms with E-state index in [2.05, 4.69) is 0 Å². The van der Waals surface area contributed by atoms with Crippen LogP contribution in [0.25, 0.3) is 11.1 Å². The summed E-state index contributed by atoms with van der Waals surface area (Å²) in [5.74, 6) is -3.43. The van der Waals surface area contributed by atoms with E-state index in [1.165, 1.54) is 72.8 Å². The zero-order chi connectivity index (χ0) is 41.9. The standard InChI is InChI=1S/C45H36Cl2F4O6P2/c1-55-41(52)27-56-44-37(46)23-25-39(58(53,33-15-7-28(48)8-16-33)34-17-9-29(49)10-18-34)42(44)43-40(26-24-38(47)45(43)57-32-5-3-2-4-6-32)59(54,35-19-11-30(50)12-20-35)36-21-13-31(51)14-22-36/h7-26,32H,2-6,27H2,1H3. The van der Waals surface area contributed by atoms with Crippen LogP contribution in [0.3, 0.4) is 0 Å². The average molecular weight is 882 g/mol. The molecule has 1 fully saturated rings. The summed E-state index contributed by atoms with van der Waals surface area (Å²) in [6.07, 6.45) is 3.58. The number of hydrogen-bond donors (Lipinski definition) is 0. The summed E-state index contributed by atoms with van der Waals surface area (Å²) in [6.45, 7) is -0.688. The van der Waals surface area contributed by atoms with E-state index in [0.717, 1.165) is 74.9 Å². The molecule has 1 saturated carbocycles. The van der Waals surface area contributed by atoms with Crippen molar-refractivity contribution in [2.75, 3.05) is 13.7 Å². The predicted octanol–water partition coefficient (Wildman–Crippen LogP) is 9.76. The molecule has 0 bridgehead atoms. The predicted molar refractivity (Wildman–Crippen MR) is 226 cm³/mol. The molecule has 0 heterocycles. The zero-order valence-corrected chi connectivity index (χ0v) is 34.8. The number of methoxy groups -OCH3 is 1. The molecule has 304 valence electrons. The molecular weight excluding hydrogens is 845 g/mol. The van der Waals surface area contributed by atoms with E-state index in [1.54, 1.807) is 0 Å². The molecule has 59 heavy (non-hydrogen) atoms. The summed E-state index contributed by atoms with van der Waals surface area (Å²) >= 11 is 14.1. The van der Waals surface area contributed by atoms with Crippen LogP contribution in [0.5, 0.6) is 11.5 Å². The molecule has 7 rings (SSSR count). The minimum atomic E-state index is -4.30. The van der Waals surface area contributed by atoms with Crippen molar-refractivity contribution < 1.29 is 45.7 Å². The molecule has 0 atom stereocenters. The second kappa shape index (κ2) is 17.8. The minimum absolute atomic E-state index is 0.00173. The summed E-state index contributed by atoms with van der Waals surface area (Å²) in [5, 5.41) is 0.506. The Kier molecular flexibility index (Phi) is 12.7. The van der Waals surface area contributed by atoms with E-state index in [1.807, 2.05) is 0 Å². The van der Waals surface area contributed by atoms with E-state index in [-0.39, 0.29) is 70.6 Å². The Labute approximate surface area is 348 Å².